The first-order valence-electron chi connectivity index (χ1n) is 9.24. The topological polar surface area (TPSA) is 93.9 Å². The molecule has 3 heterocycles. The molecule has 3 aromatic rings. The van der Waals surface area contributed by atoms with Crippen LogP contribution in [-0.2, 0) is 4.79 Å². The molecule has 3 aromatic heterocycles. The number of carboxylic acid groups (broad SMARTS) is 1. The number of aromatic nitrogens is 3. The van der Waals surface area contributed by atoms with E-state index < -0.39 is 5.97 Å². The lowest BCUT2D eigenvalue weighted by molar-refractivity contribution is -0.137. The third-order valence-electron chi connectivity index (χ3n) is 4.24. The van der Waals surface area contributed by atoms with Gasteiger partial charge in [0.15, 0.2) is 0 Å². The standard InChI is InChI=1S/C21H25N3O3/c1-2-27-20-14-18(17-8-6-12-22-17)24-19(20)13-16-11-10-15(23-16)7-4-3-5-9-21(25)26/h6-8,10-14,22-24H,2-5,9H2,1H3,(H,25,26). The molecule has 0 radical (unpaired) electrons. The molecule has 3 rings (SSSR count). The minimum absolute atomic E-state index is 0.230. The van der Waals surface area contributed by atoms with Crippen molar-refractivity contribution in [2.24, 2.45) is 0 Å². The lowest BCUT2D eigenvalue weighted by Gasteiger charge is -1.99. The molecule has 0 unspecified atom stereocenters. The zero-order valence-electron chi connectivity index (χ0n) is 15.4. The van der Waals surface area contributed by atoms with Crippen LogP contribution in [0.3, 0.4) is 0 Å². The molecule has 6 heteroatoms. The Morgan fingerprint density at radius 1 is 1.15 bits per heavy atom. The summed E-state index contributed by atoms with van der Waals surface area (Å²) >= 11 is 0. The Labute approximate surface area is 157 Å². The Balaban J connectivity index is 1.76. The number of carbonyl (C=O) groups is 1. The third kappa shape index (κ3) is 5.17. The highest BCUT2D eigenvalue weighted by Gasteiger charge is 2.09. The zero-order chi connectivity index (χ0) is 19.1. The van der Waals surface area contributed by atoms with Crippen molar-refractivity contribution in [1.82, 2.24) is 15.0 Å². The SMILES string of the molecule is CCOc1cc(-c2ccc[nH]2)[nH]c1C=c1ccc(=CCCCCC(=O)O)[nH]1. The monoisotopic (exact) mass is 367 g/mol. The van der Waals surface area contributed by atoms with Crippen LogP contribution in [0.15, 0.2) is 36.5 Å². The second-order valence-corrected chi connectivity index (χ2v) is 6.33. The van der Waals surface area contributed by atoms with Crippen molar-refractivity contribution < 1.29 is 14.6 Å². The Bertz CT molecular complexity index is 980. The van der Waals surface area contributed by atoms with Crippen molar-refractivity contribution in [3.8, 4) is 17.1 Å². The van der Waals surface area contributed by atoms with E-state index in [-0.39, 0.29) is 6.42 Å². The maximum absolute atomic E-state index is 10.5. The Morgan fingerprint density at radius 3 is 2.74 bits per heavy atom. The predicted molar refractivity (Wildman–Crippen MR) is 106 cm³/mol. The van der Waals surface area contributed by atoms with Gasteiger partial charge in [0.2, 0.25) is 0 Å². The third-order valence-corrected chi connectivity index (χ3v) is 4.24. The molecular weight excluding hydrogens is 342 g/mol. The van der Waals surface area contributed by atoms with Crippen LogP contribution in [-0.4, -0.2) is 32.6 Å². The number of aromatic amines is 3. The number of hydrogen-bond acceptors (Lipinski definition) is 2. The van der Waals surface area contributed by atoms with Crippen molar-refractivity contribution in [3.05, 3.63) is 52.9 Å². The van der Waals surface area contributed by atoms with Gasteiger partial charge in [-0.3, -0.25) is 4.79 Å². The van der Waals surface area contributed by atoms with E-state index in [1.807, 2.05) is 49.5 Å². The summed E-state index contributed by atoms with van der Waals surface area (Å²) in [6.07, 6.45) is 8.68. The molecule has 0 fully saturated rings. The van der Waals surface area contributed by atoms with E-state index in [4.69, 9.17) is 9.84 Å². The highest BCUT2D eigenvalue weighted by molar-refractivity contribution is 5.66. The quantitative estimate of drug-likeness (QED) is 0.438. The fourth-order valence-electron chi connectivity index (χ4n) is 2.94. The molecule has 0 bridgehead atoms. The molecule has 0 saturated carbocycles. The number of nitrogens with one attached hydrogen (secondary N) is 3. The summed E-state index contributed by atoms with van der Waals surface area (Å²) in [6.45, 7) is 2.57. The van der Waals surface area contributed by atoms with Gasteiger partial charge in [0.05, 0.1) is 23.7 Å². The fraction of sp³-hybridized carbons (Fsp3) is 0.286. The maximum atomic E-state index is 10.5. The van der Waals surface area contributed by atoms with Gasteiger partial charge < -0.3 is 24.8 Å². The molecule has 0 amide bonds. The van der Waals surface area contributed by atoms with E-state index in [0.29, 0.717) is 13.0 Å². The van der Waals surface area contributed by atoms with E-state index in [2.05, 4.69) is 21.0 Å². The molecule has 0 aliphatic heterocycles. The highest BCUT2D eigenvalue weighted by Crippen LogP contribution is 2.26. The van der Waals surface area contributed by atoms with Gasteiger partial charge in [-0.05, 0) is 56.5 Å². The van der Waals surface area contributed by atoms with E-state index in [0.717, 1.165) is 46.4 Å². The minimum atomic E-state index is -0.735. The second kappa shape index (κ2) is 8.98. The van der Waals surface area contributed by atoms with Crippen LogP contribution in [0.25, 0.3) is 23.5 Å². The zero-order valence-corrected chi connectivity index (χ0v) is 15.4. The fourth-order valence-corrected chi connectivity index (χ4v) is 2.94. The highest BCUT2D eigenvalue weighted by atomic mass is 16.5. The number of H-pyrrole nitrogens is 3. The summed E-state index contributed by atoms with van der Waals surface area (Å²) in [6, 6.07) is 10.0. The van der Waals surface area contributed by atoms with Gasteiger partial charge in [-0.15, -0.1) is 0 Å². The molecule has 0 aliphatic carbocycles. The van der Waals surface area contributed by atoms with Crippen LogP contribution in [0.2, 0.25) is 0 Å². The lowest BCUT2D eigenvalue weighted by Crippen LogP contribution is -2.09. The van der Waals surface area contributed by atoms with Gasteiger partial charge >= 0.3 is 5.97 Å². The summed E-state index contributed by atoms with van der Waals surface area (Å²) < 4.78 is 5.76. The summed E-state index contributed by atoms with van der Waals surface area (Å²) in [5.74, 6) is 0.0810. The van der Waals surface area contributed by atoms with Gasteiger partial charge in [0.1, 0.15) is 5.75 Å². The Hall–Kier alpha value is -3.15. The molecule has 6 nitrogen and oxygen atoms in total. The minimum Gasteiger partial charge on any atom is -0.492 e. The largest absolute Gasteiger partial charge is 0.492 e. The molecule has 142 valence electrons. The van der Waals surface area contributed by atoms with Crippen LogP contribution in [0.5, 0.6) is 5.75 Å². The average molecular weight is 367 g/mol. The van der Waals surface area contributed by atoms with Crippen molar-refractivity contribution >= 4 is 18.1 Å². The molecule has 0 aromatic carbocycles. The summed E-state index contributed by atoms with van der Waals surface area (Å²) in [7, 11) is 0. The van der Waals surface area contributed by atoms with E-state index in [1.54, 1.807) is 0 Å². The summed E-state index contributed by atoms with van der Waals surface area (Å²) in [4.78, 5) is 20.5. The second-order valence-electron chi connectivity index (χ2n) is 6.33. The van der Waals surface area contributed by atoms with Gasteiger partial charge in [-0.1, -0.05) is 6.08 Å². The van der Waals surface area contributed by atoms with Crippen LogP contribution >= 0.6 is 0 Å². The van der Waals surface area contributed by atoms with Gasteiger partial charge in [0, 0.05) is 29.4 Å². The number of unbranched alkanes of at least 4 members (excludes halogenated alkanes) is 2. The first-order chi connectivity index (χ1) is 13.2. The molecule has 0 atom stereocenters. The van der Waals surface area contributed by atoms with Crippen LogP contribution in [0.1, 0.15) is 38.3 Å². The molecule has 0 spiro atoms. The first-order valence-corrected chi connectivity index (χ1v) is 9.24. The van der Waals surface area contributed by atoms with Crippen molar-refractivity contribution in [1.29, 1.82) is 0 Å². The predicted octanol–water partition coefficient (Wildman–Crippen LogP) is 2.99. The molecule has 0 saturated heterocycles. The van der Waals surface area contributed by atoms with E-state index in [1.165, 1.54) is 0 Å². The van der Waals surface area contributed by atoms with Crippen LogP contribution in [0.4, 0.5) is 0 Å². The van der Waals surface area contributed by atoms with Crippen LogP contribution < -0.4 is 15.4 Å². The van der Waals surface area contributed by atoms with Crippen molar-refractivity contribution in [3.63, 3.8) is 0 Å². The number of rotatable bonds is 9. The van der Waals surface area contributed by atoms with Gasteiger partial charge in [-0.2, -0.15) is 0 Å². The number of aliphatic carboxylic acids is 1. The molecular formula is C21H25N3O3. The van der Waals surface area contributed by atoms with Crippen molar-refractivity contribution in [2.75, 3.05) is 6.61 Å². The number of hydrogen-bond donors (Lipinski definition) is 4. The van der Waals surface area contributed by atoms with Crippen molar-refractivity contribution in [2.45, 2.75) is 32.6 Å². The van der Waals surface area contributed by atoms with E-state index >= 15 is 0 Å². The summed E-state index contributed by atoms with van der Waals surface area (Å²) in [5, 5.41) is 10.7. The smallest absolute Gasteiger partial charge is 0.303 e. The number of ether oxygens (including phenoxy) is 1. The van der Waals surface area contributed by atoms with Gasteiger partial charge in [0.25, 0.3) is 0 Å². The lowest BCUT2D eigenvalue weighted by atomic mass is 10.2. The van der Waals surface area contributed by atoms with E-state index in [9.17, 15) is 4.79 Å². The first kappa shape index (κ1) is 18.6. The normalized spacial score (nSPS) is 12.6. The van der Waals surface area contributed by atoms with Gasteiger partial charge in [-0.25, -0.2) is 0 Å². The maximum Gasteiger partial charge on any atom is 0.303 e. The Morgan fingerprint density at radius 2 is 2.00 bits per heavy atom. The Kier molecular flexibility index (Phi) is 6.20. The molecule has 27 heavy (non-hydrogen) atoms. The molecule has 4 N–H and O–H groups in total. The molecule has 0 aliphatic rings. The van der Waals surface area contributed by atoms with Crippen LogP contribution in [0, 0.1) is 0 Å². The summed E-state index contributed by atoms with van der Waals surface area (Å²) in [5.41, 5.74) is 2.90. The number of carboxylic acids is 1. The average Bonchev–Trinajstić information content (AvgIpc) is 3.37.